The lowest BCUT2D eigenvalue weighted by Crippen LogP contribution is -2.60. The summed E-state index contributed by atoms with van der Waals surface area (Å²) >= 11 is 3.12. The van der Waals surface area contributed by atoms with Gasteiger partial charge in [0.25, 0.3) is 0 Å². The number of carbonyl (C=O) groups excluding carboxylic acids is 4. The van der Waals surface area contributed by atoms with Crippen molar-refractivity contribution in [2.24, 2.45) is 17.3 Å². The van der Waals surface area contributed by atoms with Crippen LogP contribution in [0.4, 0.5) is 5.69 Å². The summed E-state index contributed by atoms with van der Waals surface area (Å²) in [4.78, 5) is 67.5. The Morgan fingerprint density at radius 1 is 0.900 bits per heavy atom. The van der Waals surface area contributed by atoms with Crippen molar-refractivity contribution >= 4 is 57.5 Å². The number of aliphatic hydroxyl groups is 1. The highest BCUT2D eigenvalue weighted by molar-refractivity contribution is 7.14. The fourth-order valence-corrected chi connectivity index (χ4v) is 11.8. The third kappa shape index (κ3) is 9.90. The average Bonchev–Trinajstić information content (AvgIpc) is 4.17. The molecule has 0 bridgehead atoms. The number of fused-ring (bicyclic) bond motifs is 1. The highest BCUT2D eigenvalue weighted by Gasteiger charge is 2.48. The quantitative estimate of drug-likeness (QED) is 0.0805. The summed E-state index contributed by atoms with van der Waals surface area (Å²) < 4.78 is 1.76. The number of hydrogen-bond acceptors (Lipinski definition) is 14. The summed E-state index contributed by atoms with van der Waals surface area (Å²) in [7, 11) is 1.85. The number of benzene rings is 1. The second-order valence-corrected chi connectivity index (χ2v) is 21.8. The van der Waals surface area contributed by atoms with Crippen molar-refractivity contribution in [1.29, 1.82) is 5.26 Å². The lowest BCUT2D eigenvalue weighted by atomic mass is 9.71. The fourth-order valence-electron chi connectivity index (χ4n) is 9.92. The maximum atomic E-state index is 14.4. The number of aliphatic hydroxyl groups excluding tert-OH is 1. The number of nitrogens with zero attached hydrogens (tertiary/aromatic N) is 8. The van der Waals surface area contributed by atoms with Crippen LogP contribution in [0.1, 0.15) is 106 Å². The molecule has 2 aliphatic carbocycles. The summed E-state index contributed by atoms with van der Waals surface area (Å²) in [6.45, 7) is 9.38. The first-order chi connectivity index (χ1) is 33.6. The highest BCUT2D eigenvalue weighted by Crippen LogP contribution is 2.41. The van der Waals surface area contributed by atoms with E-state index in [0.717, 1.165) is 85.6 Å². The fraction of sp³-hybridized carbons (Fsp3) is 0.451. The zero-order valence-corrected chi connectivity index (χ0v) is 41.7. The van der Waals surface area contributed by atoms with Gasteiger partial charge in [-0.15, -0.1) is 21.5 Å². The molecular weight excluding hydrogens is 925 g/mol. The maximum Gasteiger partial charge on any atom is 0.246 e. The number of aryl methyl sites for hydroxylation is 1. The molecule has 0 radical (unpaired) electrons. The lowest BCUT2D eigenvalue weighted by Gasteiger charge is -2.40. The molecule has 364 valence electrons. The van der Waals surface area contributed by atoms with Crippen molar-refractivity contribution in [2.45, 2.75) is 116 Å². The first-order valence-electron chi connectivity index (χ1n) is 23.9. The molecule has 5 N–H and O–H groups in total. The van der Waals surface area contributed by atoms with Gasteiger partial charge in [0.2, 0.25) is 23.6 Å². The molecule has 1 aliphatic heterocycles. The van der Waals surface area contributed by atoms with E-state index >= 15 is 0 Å². The Hall–Kier alpha value is -6.62. The average molecular weight is 983 g/mol. The number of pyridine rings is 1. The smallest absolute Gasteiger partial charge is 0.246 e. The van der Waals surface area contributed by atoms with Crippen LogP contribution in [0.3, 0.4) is 0 Å². The number of anilines is 1. The van der Waals surface area contributed by atoms with Gasteiger partial charge in [0.05, 0.1) is 62.5 Å². The molecule has 0 unspecified atom stereocenters. The molecule has 70 heavy (non-hydrogen) atoms. The Balaban J connectivity index is 0.775. The summed E-state index contributed by atoms with van der Waals surface area (Å²) in [5.41, 5.74) is 8.46. The van der Waals surface area contributed by atoms with Gasteiger partial charge in [-0.05, 0) is 93.2 Å². The molecule has 9 rings (SSSR count). The van der Waals surface area contributed by atoms with Crippen LogP contribution in [0.15, 0.2) is 66.4 Å². The van der Waals surface area contributed by atoms with E-state index in [2.05, 4.69) is 47.6 Å². The van der Waals surface area contributed by atoms with E-state index in [9.17, 15) is 29.5 Å². The molecular formula is C51H58N12O5S2. The Morgan fingerprint density at radius 3 is 2.31 bits per heavy atom. The largest absolute Gasteiger partial charge is 0.391 e. The molecule has 4 amide bonds. The van der Waals surface area contributed by atoms with E-state index in [1.165, 1.54) is 11.1 Å². The van der Waals surface area contributed by atoms with Crippen molar-refractivity contribution in [3.63, 3.8) is 0 Å². The van der Waals surface area contributed by atoms with Crippen molar-refractivity contribution in [3.8, 4) is 38.5 Å². The number of nitrogens with one attached hydrogen (secondary N) is 4. The maximum absolute atomic E-state index is 14.4. The van der Waals surface area contributed by atoms with Crippen LogP contribution in [-0.2, 0) is 19.2 Å². The number of aromatic nitrogens is 6. The summed E-state index contributed by atoms with van der Waals surface area (Å²) in [5.74, 6) is -2.25. The molecule has 17 nitrogen and oxygen atoms in total. The molecule has 1 aromatic carbocycles. The van der Waals surface area contributed by atoms with E-state index in [-0.39, 0.29) is 48.7 Å². The van der Waals surface area contributed by atoms with E-state index in [4.69, 9.17) is 4.98 Å². The number of hydrogen-bond donors (Lipinski definition) is 5. The zero-order chi connectivity index (χ0) is 49.4. The minimum Gasteiger partial charge on any atom is -0.391 e. The molecule has 19 heteroatoms. The predicted molar refractivity (Wildman–Crippen MR) is 267 cm³/mol. The van der Waals surface area contributed by atoms with Gasteiger partial charge in [-0.25, -0.2) is 9.50 Å². The van der Waals surface area contributed by atoms with Gasteiger partial charge in [0.1, 0.15) is 23.2 Å². The van der Waals surface area contributed by atoms with Crippen LogP contribution in [0.25, 0.3) is 37.9 Å². The first-order valence-corrected chi connectivity index (χ1v) is 25.6. The van der Waals surface area contributed by atoms with E-state index < -0.39 is 41.3 Å². The number of rotatable bonds is 13. The topological polar surface area (TPSA) is 233 Å². The van der Waals surface area contributed by atoms with Crippen LogP contribution in [-0.4, -0.2) is 101 Å². The van der Waals surface area contributed by atoms with Gasteiger partial charge in [-0.3, -0.25) is 24.2 Å². The second-order valence-electron chi connectivity index (χ2n) is 19.9. The molecule has 6 aromatic rings. The van der Waals surface area contributed by atoms with Crippen LogP contribution in [0, 0.1) is 35.5 Å². The molecule has 2 saturated carbocycles. The molecule has 3 aliphatic rings. The molecule has 6 heterocycles. The third-order valence-corrected chi connectivity index (χ3v) is 16.2. The standard InChI is InChI=1S/C51H58N12O5S2/c1-27(30-7-9-31(10-8-30)43-28(2)55-26-69-43)57-47(67)42-20-35(64)25-62(42)50(68)44(51(3,4)5)59-46(66)37-17-16-36(37)45(65)58-33-13-11-32(12-14-33)48-60-61-49(70-48)38-24-54-40(21-39(38)53-6)41-18-15-34-19-29(22-52)23-56-63(34)41/h7-10,15,18-19,21,23-24,26-27,32-33,35-37,42,44,64H,11-14,16-17,20,25H2,1-6H3,(H,53,54)(H,57,67)(H,58,65)(H,59,66)/t27-,32?,33?,35+,36+,37-,42-,44+/m0/s1. The summed E-state index contributed by atoms with van der Waals surface area (Å²) in [6, 6.07) is 15.3. The van der Waals surface area contributed by atoms with Gasteiger partial charge in [-0.2, -0.15) is 10.4 Å². The van der Waals surface area contributed by atoms with Crippen LogP contribution in [0.5, 0.6) is 0 Å². The third-order valence-electron chi connectivity index (χ3n) is 14.1. The predicted octanol–water partition coefficient (Wildman–Crippen LogP) is 6.80. The van der Waals surface area contributed by atoms with Gasteiger partial charge < -0.3 is 31.3 Å². The van der Waals surface area contributed by atoms with E-state index in [0.29, 0.717) is 18.4 Å². The van der Waals surface area contributed by atoms with Crippen molar-refractivity contribution < 1.29 is 24.3 Å². The summed E-state index contributed by atoms with van der Waals surface area (Å²) in [6.07, 6.45) is 6.77. The lowest BCUT2D eigenvalue weighted by molar-refractivity contribution is -0.147. The molecule has 3 fully saturated rings. The van der Waals surface area contributed by atoms with Crippen LogP contribution < -0.4 is 21.3 Å². The van der Waals surface area contributed by atoms with Gasteiger partial charge in [-0.1, -0.05) is 56.4 Å². The number of nitriles is 1. The first kappa shape index (κ1) is 48.4. The van der Waals surface area contributed by atoms with Gasteiger partial charge in [0.15, 0.2) is 5.01 Å². The monoisotopic (exact) mass is 982 g/mol. The zero-order valence-electron chi connectivity index (χ0n) is 40.1. The number of amides is 4. The summed E-state index contributed by atoms with van der Waals surface area (Å²) in [5, 5.41) is 47.9. The Morgan fingerprint density at radius 2 is 1.64 bits per heavy atom. The van der Waals surface area contributed by atoms with E-state index in [1.807, 2.05) is 89.6 Å². The molecule has 1 saturated heterocycles. The van der Waals surface area contributed by atoms with Crippen molar-refractivity contribution in [2.75, 3.05) is 18.9 Å². The molecule has 6 atom stereocenters. The van der Waals surface area contributed by atoms with Crippen molar-refractivity contribution in [1.82, 2.24) is 50.6 Å². The number of thiazole rings is 1. The van der Waals surface area contributed by atoms with Gasteiger partial charge in [0, 0.05) is 55.7 Å². The number of β-amino-alcohol motifs (C(OH)–C–C–N with tert-alkyl or cyclic N) is 1. The van der Waals surface area contributed by atoms with E-state index in [1.54, 1.807) is 39.5 Å². The normalized spacial score (nSPS) is 22.1. The molecule has 0 spiro atoms. The van der Waals surface area contributed by atoms with Crippen LogP contribution in [0.2, 0.25) is 0 Å². The van der Waals surface area contributed by atoms with Crippen molar-refractivity contribution in [3.05, 3.63) is 88.3 Å². The molecule has 5 aromatic heterocycles. The number of likely N-dealkylation sites (tertiary alicyclic amines) is 1. The Labute approximate surface area is 414 Å². The Bertz CT molecular complexity index is 2960. The number of carbonyl (C=O) groups is 4. The second kappa shape index (κ2) is 20.0. The minimum atomic E-state index is -0.995. The van der Waals surface area contributed by atoms with Crippen LogP contribution >= 0.6 is 22.7 Å². The minimum absolute atomic E-state index is 0.0327. The SMILES string of the molecule is CNc1cc(-c2ccc3cc(C#N)cnn23)ncc1-c1nnc(C2CCC(NC(=O)[C@@H]3CC[C@@H]3C(=O)N[C@H](C(=O)N3C[C@H](O)C[C@H]3C(=O)N[C@@H](C)c3ccc(-c4scnc4C)cc3)C(C)(C)C)CC2)s1. The highest BCUT2D eigenvalue weighted by atomic mass is 32.1. The van der Waals surface area contributed by atoms with Gasteiger partial charge >= 0.3 is 0 Å². The Kier molecular flexibility index (Phi) is 13.8.